The number of anilines is 1. The highest BCUT2D eigenvalue weighted by Gasteiger charge is 2.32. The molecule has 0 saturated carbocycles. The maximum Gasteiger partial charge on any atom is 0.259 e. The van der Waals surface area contributed by atoms with E-state index >= 15 is 0 Å². The first-order valence-corrected chi connectivity index (χ1v) is 12.3. The van der Waals surface area contributed by atoms with Gasteiger partial charge in [0.15, 0.2) is 0 Å². The summed E-state index contributed by atoms with van der Waals surface area (Å²) in [7, 11) is -3.64. The number of aromatic nitrogens is 2. The quantitative estimate of drug-likeness (QED) is 0.618. The van der Waals surface area contributed by atoms with Gasteiger partial charge in [0.1, 0.15) is 0 Å². The minimum absolute atomic E-state index is 0.161. The predicted molar refractivity (Wildman–Crippen MR) is 126 cm³/mol. The van der Waals surface area contributed by atoms with Gasteiger partial charge in [-0.2, -0.15) is 9.40 Å². The summed E-state index contributed by atoms with van der Waals surface area (Å²) in [5, 5.41) is 7.21. The van der Waals surface area contributed by atoms with E-state index in [0.29, 0.717) is 24.3 Å². The van der Waals surface area contributed by atoms with Crippen LogP contribution in [0.5, 0.6) is 0 Å². The second-order valence-electron chi connectivity index (χ2n) is 8.40. The van der Waals surface area contributed by atoms with E-state index in [1.165, 1.54) is 22.6 Å². The van der Waals surface area contributed by atoms with Gasteiger partial charge in [-0.15, -0.1) is 0 Å². The van der Waals surface area contributed by atoms with Gasteiger partial charge in [0.2, 0.25) is 10.0 Å². The zero-order chi connectivity index (χ0) is 23.8. The molecule has 1 fully saturated rings. The maximum atomic E-state index is 13.0. The van der Waals surface area contributed by atoms with E-state index in [-0.39, 0.29) is 23.0 Å². The Morgan fingerprint density at radius 3 is 2.30 bits per heavy atom. The van der Waals surface area contributed by atoms with Crippen molar-refractivity contribution in [2.24, 2.45) is 0 Å². The summed E-state index contributed by atoms with van der Waals surface area (Å²) >= 11 is 0. The third kappa shape index (κ3) is 4.71. The van der Waals surface area contributed by atoms with Crippen LogP contribution in [0, 0.1) is 13.8 Å². The second kappa shape index (κ2) is 9.09. The van der Waals surface area contributed by atoms with Gasteiger partial charge < -0.3 is 10.1 Å². The van der Waals surface area contributed by atoms with Gasteiger partial charge >= 0.3 is 0 Å². The van der Waals surface area contributed by atoms with Crippen molar-refractivity contribution in [3.63, 3.8) is 0 Å². The Kier molecular flexibility index (Phi) is 6.38. The third-order valence-corrected chi connectivity index (χ3v) is 7.58. The molecule has 3 aromatic rings. The molecule has 9 heteroatoms. The number of aryl methyl sites for hydroxylation is 1. The number of hydrogen-bond donors (Lipinski definition) is 1. The first-order chi connectivity index (χ1) is 15.7. The van der Waals surface area contributed by atoms with Crippen molar-refractivity contribution >= 4 is 21.6 Å². The van der Waals surface area contributed by atoms with Crippen LogP contribution in [0.4, 0.5) is 5.69 Å². The zero-order valence-electron chi connectivity index (χ0n) is 19.1. The van der Waals surface area contributed by atoms with E-state index in [4.69, 9.17) is 4.74 Å². The summed E-state index contributed by atoms with van der Waals surface area (Å²) < 4.78 is 34.9. The number of rotatable bonds is 5. The fraction of sp³-hybridized carbons (Fsp3) is 0.333. The Hall–Kier alpha value is -3.01. The molecule has 1 aliphatic rings. The molecule has 1 amide bonds. The summed E-state index contributed by atoms with van der Waals surface area (Å²) in [6.07, 6.45) is 1.22. The van der Waals surface area contributed by atoms with Crippen LogP contribution in [0.1, 0.15) is 35.5 Å². The zero-order valence-corrected chi connectivity index (χ0v) is 20.0. The van der Waals surface area contributed by atoms with Crippen LogP contribution in [0.15, 0.2) is 59.6 Å². The second-order valence-corrected chi connectivity index (χ2v) is 10.3. The van der Waals surface area contributed by atoms with Crippen molar-refractivity contribution < 1.29 is 17.9 Å². The molecular formula is C24H28N4O4S. The number of sulfonamides is 1. The SMILES string of the molecule is Cc1ccccc1-n1ncc(C(=O)Nc2ccc(S(=O)(=O)N3CC(C)OC(C)C3)cc2)c1C. The Morgan fingerprint density at radius 2 is 1.67 bits per heavy atom. The highest BCUT2D eigenvalue weighted by Crippen LogP contribution is 2.23. The highest BCUT2D eigenvalue weighted by molar-refractivity contribution is 7.89. The van der Waals surface area contributed by atoms with Gasteiger partial charge in [0.25, 0.3) is 5.91 Å². The van der Waals surface area contributed by atoms with E-state index in [1.54, 1.807) is 16.8 Å². The van der Waals surface area contributed by atoms with E-state index in [2.05, 4.69) is 10.4 Å². The van der Waals surface area contributed by atoms with Crippen LogP contribution in [0.3, 0.4) is 0 Å². The van der Waals surface area contributed by atoms with Crippen molar-refractivity contribution in [2.45, 2.75) is 44.8 Å². The molecule has 2 unspecified atom stereocenters. The first-order valence-electron chi connectivity index (χ1n) is 10.8. The van der Waals surface area contributed by atoms with Crippen LogP contribution >= 0.6 is 0 Å². The number of nitrogens with one attached hydrogen (secondary N) is 1. The lowest BCUT2D eigenvalue weighted by molar-refractivity contribution is -0.0440. The fourth-order valence-corrected chi connectivity index (χ4v) is 5.65. The molecule has 4 rings (SSSR count). The summed E-state index contributed by atoms with van der Waals surface area (Å²) in [5.74, 6) is -0.307. The first kappa shape index (κ1) is 23.2. The smallest absolute Gasteiger partial charge is 0.259 e. The molecule has 174 valence electrons. The van der Waals surface area contributed by atoms with Crippen molar-refractivity contribution in [2.75, 3.05) is 18.4 Å². The van der Waals surface area contributed by atoms with Crippen molar-refractivity contribution in [3.8, 4) is 5.69 Å². The van der Waals surface area contributed by atoms with Crippen LogP contribution in [-0.4, -0.2) is 53.7 Å². The van der Waals surface area contributed by atoms with Gasteiger partial charge in [-0.1, -0.05) is 18.2 Å². The van der Waals surface area contributed by atoms with Gasteiger partial charge in [-0.3, -0.25) is 4.79 Å². The van der Waals surface area contributed by atoms with Crippen LogP contribution in [0.2, 0.25) is 0 Å². The number of carbonyl (C=O) groups is 1. The monoisotopic (exact) mass is 468 g/mol. The molecule has 1 aromatic heterocycles. The van der Waals surface area contributed by atoms with Crippen LogP contribution < -0.4 is 5.32 Å². The van der Waals surface area contributed by atoms with Gasteiger partial charge in [0, 0.05) is 18.8 Å². The van der Waals surface area contributed by atoms with Crippen LogP contribution in [-0.2, 0) is 14.8 Å². The molecule has 0 bridgehead atoms. The Labute approximate surface area is 194 Å². The molecule has 2 atom stereocenters. The molecular weight excluding hydrogens is 440 g/mol. The Bertz CT molecular complexity index is 1260. The lowest BCUT2D eigenvalue weighted by Gasteiger charge is -2.34. The molecule has 33 heavy (non-hydrogen) atoms. The minimum atomic E-state index is -3.64. The van der Waals surface area contributed by atoms with Gasteiger partial charge in [-0.05, 0) is 63.6 Å². The lowest BCUT2D eigenvalue weighted by atomic mass is 10.2. The molecule has 1 aliphatic heterocycles. The number of hydrogen-bond acceptors (Lipinski definition) is 5. The maximum absolute atomic E-state index is 13.0. The number of para-hydroxylation sites is 1. The number of ether oxygens (including phenoxy) is 1. The molecule has 1 N–H and O–H groups in total. The summed E-state index contributed by atoms with van der Waals surface area (Å²) in [6, 6.07) is 14.0. The number of morpholine rings is 1. The van der Waals surface area contributed by atoms with E-state index < -0.39 is 10.0 Å². The lowest BCUT2D eigenvalue weighted by Crippen LogP contribution is -2.48. The Morgan fingerprint density at radius 1 is 1.03 bits per heavy atom. The minimum Gasteiger partial charge on any atom is -0.373 e. The van der Waals surface area contributed by atoms with Crippen molar-refractivity contribution in [1.29, 1.82) is 0 Å². The van der Waals surface area contributed by atoms with Gasteiger partial charge in [0.05, 0.1) is 40.2 Å². The number of nitrogens with zero attached hydrogens (tertiary/aromatic N) is 3. The normalized spacial score (nSPS) is 19.4. The number of benzene rings is 2. The van der Waals surface area contributed by atoms with Gasteiger partial charge in [-0.25, -0.2) is 13.1 Å². The highest BCUT2D eigenvalue weighted by atomic mass is 32.2. The van der Waals surface area contributed by atoms with Crippen molar-refractivity contribution in [3.05, 3.63) is 71.5 Å². The molecule has 1 saturated heterocycles. The average Bonchev–Trinajstić information content (AvgIpc) is 3.15. The summed E-state index contributed by atoms with van der Waals surface area (Å²) in [4.78, 5) is 13.0. The van der Waals surface area contributed by atoms with Crippen molar-refractivity contribution in [1.82, 2.24) is 14.1 Å². The predicted octanol–water partition coefficient (Wildman–Crippen LogP) is 3.54. The largest absolute Gasteiger partial charge is 0.373 e. The fourth-order valence-electron chi connectivity index (χ4n) is 4.06. The topological polar surface area (TPSA) is 93.5 Å². The molecule has 8 nitrogen and oxygen atoms in total. The molecule has 0 radical (unpaired) electrons. The molecule has 2 heterocycles. The average molecular weight is 469 g/mol. The summed E-state index contributed by atoms with van der Waals surface area (Å²) in [5.41, 5.74) is 3.64. The van der Waals surface area contributed by atoms with Crippen LogP contribution in [0.25, 0.3) is 5.69 Å². The number of amides is 1. The van der Waals surface area contributed by atoms with E-state index in [9.17, 15) is 13.2 Å². The third-order valence-electron chi connectivity index (χ3n) is 5.73. The van der Waals surface area contributed by atoms with E-state index in [0.717, 1.165) is 16.9 Å². The summed E-state index contributed by atoms with van der Waals surface area (Å²) in [6.45, 7) is 8.18. The molecule has 2 aromatic carbocycles. The van der Waals surface area contributed by atoms with E-state index in [1.807, 2.05) is 52.0 Å². The molecule has 0 aliphatic carbocycles. The standard InChI is InChI=1S/C24H28N4O4S/c1-16-7-5-6-8-23(16)28-19(4)22(13-25-28)24(29)26-20-9-11-21(12-10-20)33(30,31)27-14-17(2)32-18(3)15-27/h5-13,17-18H,14-15H2,1-4H3,(H,26,29). The Balaban J connectivity index is 1.50. The molecule has 0 spiro atoms. The number of carbonyl (C=O) groups excluding carboxylic acids is 1.